The molecule has 0 unspecified atom stereocenters. The summed E-state index contributed by atoms with van der Waals surface area (Å²) in [6.07, 6.45) is 0. The standard InChI is InChI=1S/C83H57N3/c1-83(2)77-26-16-15-25-72(77)74-53-75-73-49-64-47-70(84(66-37-27-58(28-38-66)54-17-7-3-8-18-54)67-39-29-59(30-40-67)55-19-9-4-10-20-55)45-35-62(64)51-78(73)86-79-52-63-36-46-71(48-65(63)50-76(79)80(81(74)83)82(75)86)85(68-41-31-60(32-42-68)56-21-11-5-12-22-56)69-43-33-61(34-44-69)57-23-13-6-14-24-57/h3-53H,1-2H3. The van der Waals surface area contributed by atoms with Crippen molar-refractivity contribution in [2.75, 3.05) is 9.80 Å². The predicted molar refractivity (Wildman–Crippen MR) is 365 cm³/mol. The predicted octanol–water partition coefficient (Wildman–Crippen LogP) is 23.1. The summed E-state index contributed by atoms with van der Waals surface area (Å²) in [5.41, 5.74) is 25.1. The molecule has 0 aliphatic heterocycles. The van der Waals surface area contributed by atoms with E-state index in [1.807, 2.05) is 0 Å². The third-order valence-corrected chi connectivity index (χ3v) is 18.4. The van der Waals surface area contributed by atoms with E-state index in [4.69, 9.17) is 0 Å². The van der Waals surface area contributed by atoms with Crippen LogP contribution in [0.1, 0.15) is 25.0 Å². The van der Waals surface area contributed by atoms with Gasteiger partial charge >= 0.3 is 0 Å². The monoisotopic (exact) mass is 1100 g/mol. The van der Waals surface area contributed by atoms with E-state index in [9.17, 15) is 0 Å². The van der Waals surface area contributed by atoms with Crippen LogP contribution in [0.25, 0.3) is 115 Å². The SMILES string of the molecule is CC1(C)c2ccccc2-c2cc3c4cc5cc(N(c6ccc(-c7ccccc7)cc6)c6ccc(-c7ccccc7)cc6)ccc5cc4n4c5cc6ccc(N(c7ccc(-c8ccccc8)cc7)c7ccc(-c8ccccc8)cc7)cc6cc5c(c21)c34. The van der Waals surface area contributed by atoms with Crippen molar-refractivity contribution in [2.45, 2.75) is 19.3 Å². The van der Waals surface area contributed by atoms with Gasteiger partial charge in [0.05, 0.1) is 16.6 Å². The molecular formula is C83H57N3. The third-order valence-electron chi connectivity index (χ3n) is 18.4. The molecular weight excluding hydrogens is 1040 g/mol. The van der Waals surface area contributed by atoms with Crippen LogP contribution in [0.3, 0.4) is 0 Å². The van der Waals surface area contributed by atoms with Crippen LogP contribution >= 0.6 is 0 Å². The normalized spacial score (nSPS) is 12.6. The Labute approximate surface area is 500 Å². The number of fused-ring (bicyclic) bond motifs is 12. The molecule has 16 aromatic rings. The molecule has 404 valence electrons. The molecule has 1 aliphatic carbocycles. The Hall–Kier alpha value is -11.0. The van der Waals surface area contributed by atoms with Crippen molar-refractivity contribution in [3.8, 4) is 55.6 Å². The summed E-state index contributed by atoms with van der Waals surface area (Å²) < 4.78 is 2.60. The molecule has 0 bridgehead atoms. The largest absolute Gasteiger partial charge is 0.310 e. The topological polar surface area (TPSA) is 10.9 Å². The van der Waals surface area contributed by atoms with Crippen LogP contribution in [0.5, 0.6) is 0 Å². The van der Waals surface area contributed by atoms with Crippen LogP contribution in [-0.2, 0) is 5.41 Å². The smallest absolute Gasteiger partial charge is 0.0624 e. The molecule has 0 spiro atoms. The fourth-order valence-electron chi connectivity index (χ4n) is 14.2. The average molecular weight is 1100 g/mol. The van der Waals surface area contributed by atoms with E-state index in [-0.39, 0.29) is 5.41 Å². The highest BCUT2D eigenvalue weighted by molar-refractivity contribution is 6.29. The zero-order valence-corrected chi connectivity index (χ0v) is 47.8. The minimum atomic E-state index is -0.231. The van der Waals surface area contributed by atoms with E-state index < -0.39 is 0 Å². The summed E-state index contributed by atoms with van der Waals surface area (Å²) in [5.74, 6) is 0. The van der Waals surface area contributed by atoms with Crippen LogP contribution in [0, 0.1) is 0 Å². The summed E-state index contributed by atoms with van der Waals surface area (Å²) in [6, 6.07) is 114. The third kappa shape index (κ3) is 7.96. The fraction of sp³-hybridized carbons (Fsp3) is 0.0361. The van der Waals surface area contributed by atoms with E-state index in [0.717, 1.165) is 34.1 Å². The number of benzene rings is 14. The highest BCUT2D eigenvalue weighted by atomic mass is 15.1. The first-order valence-electron chi connectivity index (χ1n) is 29.9. The molecule has 2 heterocycles. The number of nitrogens with zero attached hydrogens (tertiary/aromatic N) is 3. The van der Waals surface area contributed by atoms with E-state index in [1.165, 1.54) is 126 Å². The quantitative estimate of drug-likeness (QED) is 0.135. The fourth-order valence-corrected chi connectivity index (χ4v) is 14.2. The Bertz CT molecular complexity index is 5080. The molecule has 0 saturated heterocycles. The minimum absolute atomic E-state index is 0.231. The first kappa shape index (κ1) is 49.6. The molecule has 0 radical (unpaired) electrons. The lowest BCUT2D eigenvalue weighted by atomic mass is 9.80. The lowest BCUT2D eigenvalue weighted by Gasteiger charge is -2.26. The molecule has 86 heavy (non-hydrogen) atoms. The van der Waals surface area contributed by atoms with E-state index in [2.05, 4.69) is 337 Å². The maximum absolute atomic E-state index is 2.60. The van der Waals surface area contributed by atoms with Gasteiger partial charge in [-0.05, 0) is 191 Å². The van der Waals surface area contributed by atoms with E-state index in [0.29, 0.717) is 0 Å². The molecule has 0 N–H and O–H groups in total. The van der Waals surface area contributed by atoms with Crippen LogP contribution in [0.4, 0.5) is 34.1 Å². The van der Waals surface area contributed by atoms with E-state index >= 15 is 0 Å². The summed E-state index contributed by atoms with van der Waals surface area (Å²) >= 11 is 0. The van der Waals surface area contributed by atoms with Gasteiger partial charge in [0, 0.05) is 61.1 Å². The number of rotatable bonds is 10. The maximum atomic E-state index is 2.60. The second-order valence-corrected chi connectivity index (χ2v) is 23.7. The van der Waals surface area contributed by atoms with Crippen molar-refractivity contribution in [1.82, 2.24) is 4.40 Å². The van der Waals surface area contributed by atoms with Crippen LogP contribution < -0.4 is 9.80 Å². The molecule has 0 atom stereocenters. The molecule has 0 saturated carbocycles. The molecule has 3 heteroatoms. The van der Waals surface area contributed by atoms with Crippen molar-refractivity contribution < 1.29 is 0 Å². The Kier molecular flexibility index (Phi) is 11.3. The molecule has 2 aromatic heterocycles. The zero-order valence-electron chi connectivity index (χ0n) is 47.8. The summed E-state index contributed by atoms with van der Waals surface area (Å²) in [4.78, 5) is 4.81. The van der Waals surface area contributed by atoms with Crippen molar-refractivity contribution in [2.24, 2.45) is 0 Å². The Morgan fingerprint density at radius 1 is 0.267 bits per heavy atom. The van der Waals surface area contributed by atoms with E-state index in [1.54, 1.807) is 0 Å². The molecule has 17 rings (SSSR count). The van der Waals surface area contributed by atoms with Gasteiger partial charge in [-0.15, -0.1) is 0 Å². The summed E-state index contributed by atoms with van der Waals surface area (Å²) in [7, 11) is 0. The molecule has 0 amide bonds. The number of anilines is 6. The number of aromatic nitrogens is 1. The van der Waals surface area contributed by atoms with Gasteiger partial charge in [-0.1, -0.05) is 220 Å². The molecule has 0 fully saturated rings. The average Bonchev–Trinajstić information content (AvgIpc) is 1.52. The zero-order chi connectivity index (χ0) is 57.0. The maximum Gasteiger partial charge on any atom is 0.0624 e. The molecule has 3 nitrogen and oxygen atoms in total. The Morgan fingerprint density at radius 2 is 0.616 bits per heavy atom. The Morgan fingerprint density at radius 3 is 1.03 bits per heavy atom. The summed E-state index contributed by atoms with van der Waals surface area (Å²) in [6.45, 7) is 4.86. The van der Waals surface area contributed by atoms with Gasteiger partial charge in [-0.25, -0.2) is 0 Å². The lowest BCUT2D eigenvalue weighted by molar-refractivity contribution is 0.667. The van der Waals surface area contributed by atoms with Gasteiger partial charge < -0.3 is 14.2 Å². The first-order valence-corrected chi connectivity index (χ1v) is 29.9. The first-order chi connectivity index (χ1) is 42.4. The minimum Gasteiger partial charge on any atom is -0.310 e. The van der Waals surface area contributed by atoms with Crippen LogP contribution in [0.2, 0.25) is 0 Å². The Balaban J connectivity index is 0.842. The van der Waals surface area contributed by atoms with Gasteiger partial charge in [-0.2, -0.15) is 0 Å². The van der Waals surface area contributed by atoms with Gasteiger partial charge in [0.2, 0.25) is 0 Å². The van der Waals surface area contributed by atoms with Gasteiger partial charge in [0.25, 0.3) is 0 Å². The van der Waals surface area contributed by atoms with Crippen molar-refractivity contribution in [3.05, 3.63) is 321 Å². The van der Waals surface area contributed by atoms with Crippen LogP contribution in [-0.4, -0.2) is 4.40 Å². The van der Waals surface area contributed by atoms with Gasteiger partial charge in [-0.3, -0.25) is 0 Å². The van der Waals surface area contributed by atoms with Gasteiger partial charge in [0.15, 0.2) is 0 Å². The molecule has 14 aromatic carbocycles. The number of hydrogen-bond acceptors (Lipinski definition) is 2. The van der Waals surface area contributed by atoms with Crippen molar-refractivity contribution in [1.29, 1.82) is 0 Å². The van der Waals surface area contributed by atoms with Crippen molar-refractivity contribution in [3.63, 3.8) is 0 Å². The summed E-state index contributed by atoms with van der Waals surface area (Å²) in [5, 5.41) is 9.97. The second kappa shape index (κ2) is 19.6. The van der Waals surface area contributed by atoms with Gasteiger partial charge in [0.1, 0.15) is 0 Å². The van der Waals surface area contributed by atoms with Crippen LogP contribution in [0.15, 0.2) is 309 Å². The molecule has 1 aliphatic rings. The second-order valence-electron chi connectivity index (χ2n) is 23.7. The van der Waals surface area contributed by atoms with Crippen molar-refractivity contribution >= 4 is 93.8 Å². The number of hydrogen-bond donors (Lipinski definition) is 0. The lowest BCUT2D eigenvalue weighted by Crippen LogP contribution is -2.15. The highest BCUT2D eigenvalue weighted by Crippen LogP contribution is 2.56. The highest BCUT2D eigenvalue weighted by Gasteiger charge is 2.39.